The summed E-state index contributed by atoms with van der Waals surface area (Å²) >= 11 is 0. The maximum Gasteiger partial charge on any atom is 0.387 e. The highest BCUT2D eigenvalue weighted by Crippen LogP contribution is 2.26. The van der Waals surface area contributed by atoms with Crippen LogP contribution in [0.5, 0.6) is 5.75 Å². The van der Waals surface area contributed by atoms with Crippen molar-refractivity contribution in [3.8, 4) is 5.75 Å². The van der Waals surface area contributed by atoms with Gasteiger partial charge in [0.1, 0.15) is 17.4 Å². The predicted molar refractivity (Wildman–Crippen MR) is 72.0 cm³/mol. The number of hydrogen-bond donors (Lipinski definition) is 1. The van der Waals surface area contributed by atoms with Crippen molar-refractivity contribution in [2.45, 2.75) is 45.9 Å². The Morgan fingerprint density at radius 1 is 1.25 bits per heavy atom. The van der Waals surface area contributed by atoms with E-state index in [1.807, 2.05) is 0 Å². The molecule has 0 aliphatic heterocycles. The van der Waals surface area contributed by atoms with E-state index in [4.69, 9.17) is 4.74 Å². The summed E-state index contributed by atoms with van der Waals surface area (Å²) in [6.07, 6.45) is 0. The third kappa shape index (κ3) is 5.42. The summed E-state index contributed by atoms with van der Waals surface area (Å²) < 4.78 is 34.1. The first kappa shape index (κ1) is 16.2. The number of ether oxygens (including phenoxy) is 2. The predicted octanol–water partition coefficient (Wildman–Crippen LogP) is 3.43. The van der Waals surface area contributed by atoms with Gasteiger partial charge < -0.3 is 14.8 Å². The Labute approximate surface area is 117 Å². The number of alkyl halides is 2. The fourth-order valence-corrected chi connectivity index (χ4v) is 1.47. The monoisotopic (exact) mass is 287 g/mol. The maximum absolute atomic E-state index is 12.3. The molecule has 4 nitrogen and oxygen atoms in total. The Morgan fingerprint density at radius 3 is 2.40 bits per heavy atom. The fraction of sp³-hybridized carbons (Fsp3) is 0.500. The molecule has 0 amide bonds. The molecule has 1 N–H and O–H groups in total. The van der Waals surface area contributed by atoms with Crippen LogP contribution in [0.25, 0.3) is 0 Å². The number of rotatable bonds is 5. The standard InChI is InChI=1S/C14H19F2NO3/c1-9(12(18)20-14(2,3)4)17-10-7-5-6-8-11(10)19-13(15)16/h5-9,13,17H,1-4H3. The van der Waals surface area contributed by atoms with Gasteiger partial charge in [0.05, 0.1) is 5.69 Å². The summed E-state index contributed by atoms with van der Waals surface area (Å²) in [6.45, 7) is 3.94. The number of carbonyl (C=O) groups excluding carboxylic acids is 1. The van der Waals surface area contributed by atoms with Crippen molar-refractivity contribution in [2.24, 2.45) is 0 Å². The second-order valence-corrected chi connectivity index (χ2v) is 5.27. The molecule has 20 heavy (non-hydrogen) atoms. The van der Waals surface area contributed by atoms with Gasteiger partial charge in [0, 0.05) is 0 Å². The number of carbonyl (C=O) groups is 1. The lowest BCUT2D eigenvalue weighted by atomic mass is 10.2. The quantitative estimate of drug-likeness (QED) is 0.843. The topological polar surface area (TPSA) is 47.6 Å². The van der Waals surface area contributed by atoms with Crippen molar-refractivity contribution in [3.63, 3.8) is 0 Å². The fourth-order valence-electron chi connectivity index (χ4n) is 1.47. The first-order valence-electron chi connectivity index (χ1n) is 6.22. The molecule has 112 valence electrons. The summed E-state index contributed by atoms with van der Waals surface area (Å²) in [6, 6.07) is 5.50. The number of anilines is 1. The molecule has 0 spiro atoms. The van der Waals surface area contributed by atoms with E-state index in [9.17, 15) is 13.6 Å². The number of halogens is 2. The third-order valence-electron chi connectivity index (χ3n) is 2.24. The summed E-state index contributed by atoms with van der Waals surface area (Å²) in [5, 5.41) is 2.81. The van der Waals surface area contributed by atoms with Crippen molar-refractivity contribution >= 4 is 11.7 Å². The Bertz CT molecular complexity index is 458. The highest BCUT2D eigenvalue weighted by Gasteiger charge is 2.22. The second kappa shape index (κ2) is 6.54. The summed E-state index contributed by atoms with van der Waals surface area (Å²) in [5.74, 6) is -0.484. The van der Waals surface area contributed by atoms with Gasteiger partial charge in [-0.2, -0.15) is 8.78 Å². The molecular weight excluding hydrogens is 268 g/mol. The largest absolute Gasteiger partial charge is 0.458 e. The van der Waals surface area contributed by atoms with E-state index in [0.29, 0.717) is 5.69 Å². The Morgan fingerprint density at radius 2 is 1.85 bits per heavy atom. The molecule has 0 saturated heterocycles. The zero-order valence-corrected chi connectivity index (χ0v) is 11.9. The number of nitrogens with one attached hydrogen (secondary N) is 1. The number of esters is 1. The lowest BCUT2D eigenvalue weighted by Gasteiger charge is -2.23. The lowest BCUT2D eigenvalue weighted by molar-refractivity contribution is -0.155. The van der Waals surface area contributed by atoms with Crippen LogP contribution in [0.1, 0.15) is 27.7 Å². The van der Waals surface area contributed by atoms with E-state index in [2.05, 4.69) is 10.1 Å². The third-order valence-corrected chi connectivity index (χ3v) is 2.24. The van der Waals surface area contributed by atoms with Crippen molar-refractivity contribution in [3.05, 3.63) is 24.3 Å². The van der Waals surface area contributed by atoms with Gasteiger partial charge in [-0.3, -0.25) is 0 Å². The van der Waals surface area contributed by atoms with Crippen LogP contribution in [0.4, 0.5) is 14.5 Å². The molecule has 1 rings (SSSR count). The summed E-state index contributed by atoms with van der Waals surface area (Å²) in [5.41, 5.74) is -0.294. The van der Waals surface area contributed by atoms with E-state index in [0.717, 1.165) is 0 Å². The van der Waals surface area contributed by atoms with Gasteiger partial charge >= 0.3 is 12.6 Å². The summed E-state index contributed by atoms with van der Waals surface area (Å²) in [4.78, 5) is 11.8. The SMILES string of the molecule is CC(Nc1ccccc1OC(F)F)C(=O)OC(C)(C)C. The zero-order valence-electron chi connectivity index (χ0n) is 11.9. The van der Waals surface area contributed by atoms with E-state index >= 15 is 0 Å². The van der Waals surface area contributed by atoms with Crippen LogP contribution in [-0.2, 0) is 9.53 Å². The molecule has 0 heterocycles. The molecule has 0 aromatic heterocycles. The van der Waals surface area contributed by atoms with E-state index in [1.54, 1.807) is 45.9 Å². The number of benzene rings is 1. The van der Waals surface area contributed by atoms with Crippen LogP contribution in [0.3, 0.4) is 0 Å². The molecule has 0 aliphatic rings. The van der Waals surface area contributed by atoms with Gasteiger partial charge in [0.2, 0.25) is 0 Å². The minimum atomic E-state index is -2.92. The molecule has 1 aromatic carbocycles. The Balaban J connectivity index is 2.75. The average molecular weight is 287 g/mol. The van der Waals surface area contributed by atoms with Crippen LogP contribution in [0.2, 0.25) is 0 Å². The normalized spacial score (nSPS) is 12.9. The van der Waals surface area contributed by atoms with E-state index in [1.165, 1.54) is 6.07 Å². The van der Waals surface area contributed by atoms with Crippen molar-refractivity contribution < 1.29 is 23.0 Å². The summed E-state index contributed by atoms with van der Waals surface area (Å²) in [7, 11) is 0. The van der Waals surface area contributed by atoms with Crippen molar-refractivity contribution in [1.82, 2.24) is 0 Å². The average Bonchev–Trinajstić information content (AvgIpc) is 2.28. The smallest absolute Gasteiger partial charge is 0.387 e. The van der Waals surface area contributed by atoms with Crippen molar-refractivity contribution in [1.29, 1.82) is 0 Å². The van der Waals surface area contributed by atoms with Gasteiger partial charge in [0.15, 0.2) is 0 Å². The molecular formula is C14H19F2NO3. The second-order valence-electron chi connectivity index (χ2n) is 5.27. The molecule has 0 bridgehead atoms. The lowest BCUT2D eigenvalue weighted by Crippen LogP contribution is -2.34. The van der Waals surface area contributed by atoms with Gasteiger partial charge in [-0.25, -0.2) is 4.79 Å². The van der Waals surface area contributed by atoms with E-state index < -0.39 is 24.2 Å². The van der Waals surface area contributed by atoms with Crippen LogP contribution >= 0.6 is 0 Å². The minimum absolute atomic E-state index is 0.0158. The maximum atomic E-state index is 12.3. The van der Waals surface area contributed by atoms with Gasteiger partial charge in [0.25, 0.3) is 0 Å². The Hall–Kier alpha value is -1.85. The highest BCUT2D eigenvalue weighted by molar-refractivity contribution is 5.80. The van der Waals surface area contributed by atoms with Gasteiger partial charge in [-0.15, -0.1) is 0 Å². The first-order valence-corrected chi connectivity index (χ1v) is 6.22. The Kier molecular flexibility index (Phi) is 5.30. The van der Waals surface area contributed by atoms with Crippen LogP contribution in [-0.4, -0.2) is 24.2 Å². The molecule has 0 fully saturated rings. The molecule has 1 atom stereocenters. The minimum Gasteiger partial charge on any atom is -0.458 e. The van der Waals surface area contributed by atoms with Gasteiger partial charge in [-0.05, 0) is 39.8 Å². The van der Waals surface area contributed by atoms with Crippen LogP contribution in [0, 0.1) is 0 Å². The number of hydrogen-bond acceptors (Lipinski definition) is 4. The first-order chi connectivity index (χ1) is 9.19. The van der Waals surface area contributed by atoms with Gasteiger partial charge in [-0.1, -0.05) is 12.1 Å². The van der Waals surface area contributed by atoms with Crippen molar-refractivity contribution in [2.75, 3.05) is 5.32 Å². The van der Waals surface area contributed by atoms with Crippen LogP contribution in [0.15, 0.2) is 24.3 Å². The molecule has 0 saturated carbocycles. The molecule has 0 radical (unpaired) electrons. The molecule has 1 unspecified atom stereocenters. The molecule has 6 heteroatoms. The molecule has 0 aliphatic carbocycles. The highest BCUT2D eigenvalue weighted by atomic mass is 19.3. The zero-order chi connectivity index (χ0) is 15.3. The molecule has 1 aromatic rings. The van der Waals surface area contributed by atoms with E-state index in [-0.39, 0.29) is 5.75 Å². The number of para-hydroxylation sites is 2. The van der Waals surface area contributed by atoms with Crippen LogP contribution < -0.4 is 10.1 Å².